The van der Waals surface area contributed by atoms with Crippen LogP contribution in [0.15, 0.2) is 48.5 Å². The maximum absolute atomic E-state index is 10.7. The summed E-state index contributed by atoms with van der Waals surface area (Å²) in [6, 6.07) is 14.7. The zero-order valence-corrected chi connectivity index (χ0v) is 11.2. The summed E-state index contributed by atoms with van der Waals surface area (Å²) in [6.07, 6.45) is 3.90. The predicted molar refractivity (Wildman–Crippen MR) is 81.6 cm³/mol. The number of hydrogen-bond donors (Lipinski definition) is 0. The standard InChI is InChI=1S/C15H10N2O2S/c18-17(19)12-7-8-14-13(10-12)16-15(20-14)9-6-11-4-2-1-3-5-11/h1-10H/b9-6+. The third-order valence-electron chi connectivity index (χ3n) is 2.82. The van der Waals surface area contributed by atoms with Crippen LogP contribution in [0.4, 0.5) is 5.69 Å². The summed E-state index contributed by atoms with van der Waals surface area (Å²) < 4.78 is 0.948. The summed E-state index contributed by atoms with van der Waals surface area (Å²) in [4.78, 5) is 14.7. The molecular weight excluding hydrogens is 272 g/mol. The second-order valence-corrected chi connectivity index (χ2v) is 5.27. The number of rotatable bonds is 3. The van der Waals surface area contributed by atoms with Gasteiger partial charge in [0.15, 0.2) is 0 Å². The normalized spacial score (nSPS) is 11.2. The predicted octanol–water partition coefficient (Wildman–Crippen LogP) is 4.37. The topological polar surface area (TPSA) is 56.0 Å². The van der Waals surface area contributed by atoms with Gasteiger partial charge in [0, 0.05) is 12.1 Å². The summed E-state index contributed by atoms with van der Waals surface area (Å²) in [5, 5.41) is 11.6. The number of aromatic nitrogens is 1. The van der Waals surface area contributed by atoms with Gasteiger partial charge in [-0.15, -0.1) is 11.3 Å². The van der Waals surface area contributed by atoms with Crippen molar-refractivity contribution in [2.45, 2.75) is 0 Å². The molecule has 0 aliphatic heterocycles. The van der Waals surface area contributed by atoms with Crippen molar-refractivity contribution in [2.75, 3.05) is 0 Å². The lowest BCUT2D eigenvalue weighted by molar-refractivity contribution is -0.384. The van der Waals surface area contributed by atoms with E-state index in [4.69, 9.17) is 0 Å². The molecular formula is C15H10N2O2S. The molecule has 0 saturated carbocycles. The molecule has 1 aromatic heterocycles. The molecule has 1 heterocycles. The number of nitrogens with zero attached hydrogens (tertiary/aromatic N) is 2. The van der Waals surface area contributed by atoms with E-state index in [0.29, 0.717) is 5.52 Å². The van der Waals surface area contributed by atoms with E-state index in [9.17, 15) is 10.1 Å². The Bertz CT molecular complexity index is 794. The highest BCUT2D eigenvalue weighted by Crippen LogP contribution is 2.26. The van der Waals surface area contributed by atoms with Crippen LogP contribution in [0.3, 0.4) is 0 Å². The highest BCUT2D eigenvalue weighted by Gasteiger charge is 2.08. The Kier molecular flexibility index (Phi) is 3.26. The van der Waals surface area contributed by atoms with Crippen LogP contribution in [0.5, 0.6) is 0 Å². The smallest absolute Gasteiger partial charge is 0.258 e. The largest absolute Gasteiger partial charge is 0.271 e. The van der Waals surface area contributed by atoms with Gasteiger partial charge in [0.25, 0.3) is 5.69 Å². The van der Waals surface area contributed by atoms with E-state index >= 15 is 0 Å². The van der Waals surface area contributed by atoms with E-state index in [-0.39, 0.29) is 5.69 Å². The van der Waals surface area contributed by atoms with Gasteiger partial charge in [0.1, 0.15) is 5.01 Å². The van der Waals surface area contributed by atoms with E-state index in [0.717, 1.165) is 15.3 Å². The van der Waals surface area contributed by atoms with Crippen LogP contribution < -0.4 is 0 Å². The monoisotopic (exact) mass is 282 g/mol. The molecule has 0 fully saturated rings. The molecule has 0 saturated heterocycles. The number of benzene rings is 2. The van der Waals surface area contributed by atoms with Crippen LogP contribution in [0.2, 0.25) is 0 Å². The van der Waals surface area contributed by atoms with Crippen LogP contribution in [0, 0.1) is 10.1 Å². The Balaban J connectivity index is 1.93. The van der Waals surface area contributed by atoms with Gasteiger partial charge in [0.05, 0.1) is 15.1 Å². The molecule has 2 aromatic carbocycles. The molecule has 0 spiro atoms. The van der Waals surface area contributed by atoms with Crippen molar-refractivity contribution in [1.29, 1.82) is 0 Å². The Morgan fingerprint density at radius 1 is 1.10 bits per heavy atom. The molecule has 0 radical (unpaired) electrons. The fraction of sp³-hybridized carbons (Fsp3) is 0. The average molecular weight is 282 g/mol. The maximum atomic E-state index is 10.7. The number of fused-ring (bicyclic) bond motifs is 1. The fourth-order valence-electron chi connectivity index (χ4n) is 1.85. The molecule has 0 N–H and O–H groups in total. The van der Waals surface area contributed by atoms with E-state index in [2.05, 4.69) is 4.98 Å². The molecule has 98 valence electrons. The molecule has 0 atom stereocenters. The summed E-state index contributed by atoms with van der Waals surface area (Å²) in [6.45, 7) is 0. The van der Waals surface area contributed by atoms with Crippen molar-refractivity contribution in [1.82, 2.24) is 4.98 Å². The summed E-state index contributed by atoms with van der Waals surface area (Å²) >= 11 is 1.52. The number of hydrogen-bond acceptors (Lipinski definition) is 4. The molecule has 3 rings (SSSR count). The van der Waals surface area contributed by atoms with Crippen molar-refractivity contribution < 1.29 is 4.92 Å². The van der Waals surface area contributed by atoms with Gasteiger partial charge >= 0.3 is 0 Å². The van der Waals surface area contributed by atoms with Gasteiger partial charge in [0.2, 0.25) is 0 Å². The van der Waals surface area contributed by atoms with Crippen LogP contribution in [0.25, 0.3) is 22.4 Å². The van der Waals surface area contributed by atoms with Crippen molar-refractivity contribution in [2.24, 2.45) is 0 Å². The van der Waals surface area contributed by atoms with E-state index in [1.807, 2.05) is 42.5 Å². The van der Waals surface area contributed by atoms with Gasteiger partial charge in [-0.05, 0) is 17.7 Å². The quantitative estimate of drug-likeness (QED) is 0.529. The number of nitro benzene ring substituents is 1. The van der Waals surface area contributed by atoms with E-state index in [1.165, 1.54) is 23.5 Å². The van der Waals surface area contributed by atoms with Gasteiger partial charge in [-0.3, -0.25) is 10.1 Å². The van der Waals surface area contributed by atoms with Crippen LogP contribution in [-0.2, 0) is 0 Å². The van der Waals surface area contributed by atoms with Crippen molar-refractivity contribution in [3.05, 3.63) is 69.2 Å². The Morgan fingerprint density at radius 2 is 1.90 bits per heavy atom. The van der Waals surface area contributed by atoms with Gasteiger partial charge in [-0.2, -0.15) is 0 Å². The van der Waals surface area contributed by atoms with Crippen LogP contribution >= 0.6 is 11.3 Å². The fourth-order valence-corrected chi connectivity index (χ4v) is 2.70. The second kappa shape index (κ2) is 5.22. The van der Waals surface area contributed by atoms with Gasteiger partial charge < -0.3 is 0 Å². The molecule has 0 bridgehead atoms. The third kappa shape index (κ3) is 2.57. The highest BCUT2D eigenvalue weighted by atomic mass is 32.1. The van der Waals surface area contributed by atoms with Crippen molar-refractivity contribution >= 4 is 39.4 Å². The zero-order chi connectivity index (χ0) is 13.9. The highest BCUT2D eigenvalue weighted by molar-refractivity contribution is 7.19. The summed E-state index contributed by atoms with van der Waals surface area (Å²) in [5.41, 5.74) is 1.83. The summed E-state index contributed by atoms with van der Waals surface area (Å²) in [5.74, 6) is 0. The number of nitro groups is 1. The minimum absolute atomic E-state index is 0.0707. The molecule has 0 aliphatic rings. The third-order valence-corrected chi connectivity index (χ3v) is 3.82. The first-order valence-corrected chi connectivity index (χ1v) is 6.82. The number of non-ortho nitro benzene ring substituents is 1. The molecule has 4 nitrogen and oxygen atoms in total. The lowest BCUT2D eigenvalue weighted by Gasteiger charge is -1.89. The first kappa shape index (κ1) is 12.5. The second-order valence-electron chi connectivity index (χ2n) is 4.21. The molecule has 20 heavy (non-hydrogen) atoms. The SMILES string of the molecule is O=[N+]([O-])c1ccc2sc(/C=C/c3ccccc3)nc2c1. The Hall–Kier alpha value is -2.53. The van der Waals surface area contributed by atoms with Crippen LogP contribution in [-0.4, -0.2) is 9.91 Å². The maximum Gasteiger partial charge on any atom is 0.271 e. The minimum Gasteiger partial charge on any atom is -0.258 e. The number of thiazole rings is 1. The first-order chi connectivity index (χ1) is 9.72. The van der Waals surface area contributed by atoms with E-state index in [1.54, 1.807) is 6.07 Å². The van der Waals surface area contributed by atoms with Crippen molar-refractivity contribution in [3.8, 4) is 0 Å². The van der Waals surface area contributed by atoms with Gasteiger partial charge in [-0.1, -0.05) is 36.4 Å². The summed E-state index contributed by atoms with van der Waals surface area (Å²) in [7, 11) is 0. The molecule has 0 unspecified atom stereocenters. The van der Waals surface area contributed by atoms with Crippen LogP contribution in [0.1, 0.15) is 10.6 Å². The average Bonchev–Trinajstić information content (AvgIpc) is 2.88. The molecule has 0 aliphatic carbocycles. The molecule has 3 aromatic rings. The molecule has 0 amide bonds. The zero-order valence-electron chi connectivity index (χ0n) is 10.4. The van der Waals surface area contributed by atoms with E-state index < -0.39 is 4.92 Å². The van der Waals surface area contributed by atoms with Gasteiger partial charge in [-0.25, -0.2) is 4.98 Å². The van der Waals surface area contributed by atoms with Crippen molar-refractivity contribution in [3.63, 3.8) is 0 Å². The Morgan fingerprint density at radius 3 is 2.65 bits per heavy atom. The first-order valence-electron chi connectivity index (χ1n) is 6.00. The Labute approximate surface area is 119 Å². The minimum atomic E-state index is -0.404. The lowest BCUT2D eigenvalue weighted by Crippen LogP contribution is -1.86. The lowest BCUT2D eigenvalue weighted by atomic mass is 10.2. The molecule has 5 heteroatoms.